The van der Waals surface area contributed by atoms with Gasteiger partial charge >= 0.3 is 0 Å². The zero-order chi connectivity index (χ0) is 20.1. The normalized spacial score (nSPS) is 14.4. The minimum atomic E-state index is -3.70. The molecule has 0 unspecified atom stereocenters. The van der Waals surface area contributed by atoms with Crippen LogP contribution in [0, 0.1) is 18.6 Å². The summed E-state index contributed by atoms with van der Waals surface area (Å²) in [6.45, 7) is 1.68. The van der Waals surface area contributed by atoms with E-state index in [1.807, 2.05) is 0 Å². The van der Waals surface area contributed by atoms with Gasteiger partial charge in [-0.3, -0.25) is 10.1 Å². The summed E-state index contributed by atoms with van der Waals surface area (Å²) in [5.41, 5.74) is 0.984. The van der Waals surface area contributed by atoms with Crippen LogP contribution in [0.2, 0.25) is 0 Å². The van der Waals surface area contributed by atoms with Crippen molar-refractivity contribution in [3.05, 3.63) is 53.1 Å². The Morgan fingerprint density at radius 1 is 1.18 bits per heavy atom. The van der Waals surface area contributed by atoms with Gasteiger partial charge in [-0.05, 0) is 43.5 Å². The Balaban J connectivity index is 1.61. The Labute approximate surface area is 163 Å². The second-order valence-electron chi connectivity index (χ2n) is 6.58. The molecule has 1 aliphatic rings. The van der Waals surface area contributed by atoms with E-state index in [1.165, 1.54) is 12.1 Å². The first kappa shape index (κ1) is 18.9. The van der Waals surface area contributed by atoms with Gasteiger partial charge in [-0.15, -0.1) is 0 Å². The van der Waals surface area contributed by atoms with Crippen molar-refractivity contribution >= 4 is 42.6 Å². The Morgan fingerprint density at radius 2 is 1.89 bits per heavy atom. The number of anilines is 1. The fourth-order valence-corrected chi connectivity index (χ4v) is 4.84. The number of nitrogens with zero attached hydrogens (tertiary/aromatic N) is 1. The molecule has 10 heteroatoms. The SMILES string of the molecule is Cc1ccc(S(=O)(=O)NC2CC2)cc1C(=O)Nc1nc2cc(F)c(F)cc2s1. The number of aryl methyl sites for hydroxylation is 1. The van der Waals surface area contributed by atoms with E-state index in [0.717, 1.165) is 36.3 Å². The number of rotatable bonds is 5. The number of hydrogen-bond donors (Lipinski definition) is 2. The van der Waals surface area contributed by atoms with Crippen molar-refractivity contribution in [1.29, 1.82) is 0 Å². The molecule has 1 amide bonds. The van der Waals surface area contributed by atoms with Gasteiger partial charge in [0.15, 0.2) is 16.8 Å². The molecule has 146 valence electrons. The summed E-state index contributed by atoms with van der Waals surface area (Å²) >= 11 is 0.995. The summed E-state index contributed by atoms with van der Waals surface area (Å²) in [4.78, 5) is 16.7. The van der Waals surface area contributed by atoms with E-state index in [2.05, 4.69) is 15.0 Å². The molecule has 6 nitrogen and oxygen atoms in total. The number of nitrogens with one attached hydrogen (secondary N) is 2. The third kappa shape index (κ3) is 3.75. The maximum Gasteiger partial charge on any atom is 0.257 e. The molecule has 1 aliphatic carbocycles. The van der Waals surface area contributed by atoms with Crippen LogP contribution in [-0.4, -0.2) is 25.4 Å². The molecule has 1 saturated carbocycles. The molecule has 2 aromatic carbocycles. The molecular formula is C18H15F2N3O3S2. The molecular weight excluding hydrogens is 408 g/mol. The van der Waals surface area contributed by atoms with E-state index < -0.39 is 27.6 Å². The van der Waals surface area contributed by atoms with Crippen molar-refractivity contribution in [2.24, 2.45) is 0 Å². The minimum absolute atomic E-state index is 0.00333. The monoisotopic (exact) mass is 423 g/mol. The molecule has 1 fully saturated rings. The summed E-state index contributed by atoms with van der Waals surface area (Å²) in [5.74, 6) is -2.57. The minimum Gasteiger partial charge on any atom is -0.298 e. The lowest BCUT2D eigenvalue weighted by atomic mass is 10.1. The first-order valence-corrected chi connectivity index (χ1v) is 10.7. The summed E-state index contributed by atoms with van der Waals surface area (Å²) in [6, 6.07) is 6.23. The second kappa shape index (κ2) is 6.87. The standard InChI is InChI=1S/C18H15F2N3O3S2/c1-9-2-5-11(28(25,26)23-10-3-4-10)6-12(9)17(24)22-18-21-15-7-13(19)14(20)8-16(15)27-18/h2,5-8,10,23H,3-4H2,1H3,(H,21,22,24). The Kier molecular flexibility index (Phi) is 4.64. The molecule has 2 N–H and O–H groups in total. The molecule has 0 spiro atoms. The molecule has 4 rings (SSSR count). The van der Waals surface area contributed by atoms with Crippen molar-refractivity contribution < 1.29 is 22.0 Å². The lowest BCUT2D eigenvalue weighted by molar-refractivity contribution is 0.102. The third-order valence-electron chi connectivity index (χ3n) is 4.31. The van der Waals surface area contributed by atoms with Gasteiger partial charge in [0.1, 0.15) is 0 Å². The summed E-state index contributed by atoms with van der Waals surface area (Å²) in [7, 11) is -3.70. The number of halogens is 2. The molecule has 0 aliphatic heterocycles. The van der Waals surface area contributed by atoms with E-state index in [9.17, 15) is 22.0 Å². The van der Waals surface area contributed by atoms with Gasteiger partial charge in [-0.1, -0.05) is 17.4 Å². The fraction of sp³-hybridized carbons (Fsp3) is 0.222. The molecule has 1 aromatic heterocycles. The van der Waals surface area contributed by atoms with Crippen LogP contribution in [0.15, 0.2) is 35.2 Å². The van der Waals surface area contributed by atoms with E-state index in [0.29, 0.717) is 10.3 Å². The molecule has 0 bridgehead atoms. The first-order chi connectivity index (χ1) is 13.2. The van der Waals surface area contributed by atoms with Crippen molar-refractivity contribution in [2.45, 2.75) is 30.7 Å². The van der Waals surface area contributed by atoms with Crippen molar-refractivity contribution in [3.63, 3.8) is 0 Å². The number of hydrogen-bond acceptors (Lipinski definition) is 5. The van der Waals surface area contributed by atoms with Gasteiger partial charge in [0.25, 0.3) is 5.91 Å². The predicted octanol–water partition coefficient (Wildman–Crippen LogP) is 3.58. The van der Waals surface area contributed by atoms with Crippen molar-refractivity contribution in [1.82, 2.24) is 9.71 Å². The van der Waals surface area contributed by atoms with Gasteiger partial charge < -0.3 is 0 Å². The highest BCUT2D eigenvalue weighted by Gasteiger charge is 2.28. The first-order valence-electron chi connectivity index (χ1n) is 8.43. The highest BCUT2D eigenvalue weighted by Crippen LogP contribution is 2.29. The van der Waals surface area contributed by atoms with Gasteiger partial charge in [0.2, 0.25) is 10.0 Å². The van der Waals surface area contributed by atoms with Gasteiger partial charge in [-0.2, -0.15) is 0 Å². The zero-order valence-electron chi connectivity index (χ0n) is 14.6. The smallest absolute Gasteiger partial charge is 0.257 e. The van der Waals surface area contributed by atoms with Crippen molar-refractivity contribution in [2.75, 3.05) is 5.32 Å². The van der Waals surface area contributed by atoms with Gasteiger partial charge in [0, 0.05) is 17.7 Å². The Bertz CT molecular complexity index is 1170. The predicted molar refractivity (Wildman–Crippen MR) is 102 cm³/mol. The zero-order valence-corrected chi connectivity index (χ0v) is 16.3. The molecule has 0 radical (unpaired) electrons. The van der Waals surface area contributed by atoms with Crippen LogP contribution in [0.25, 0.3) is 10.2 Å². The average Bonchev–Trinajstić information content (AvgIpc) is 3.34. The number of thiazole rings is 1. The van der Waals surface area contributed by atoms with Gasteiger partial charge in [0.05, 0.1) is 15.1 Å². The molecule has 0 saturated heterocycles. The Hall–Kier alpha value is -2.43. The number of amides is 1. The maximum absolute atomic E-state index is 13.3. The van der Waals surface area contributed by atoms with Crippen LogP contribution >= 0.6 is 11.3 Å². The summed E-state index contributed by atoms with van der Waals surface area (Å²) < 4.78 is 54.4. The highest BCUT2D eigenvalue weighted by atomic mass is 32.2. The summed E-state index contributed by atoms with van der Waals surface area (Å²) in [5, 5.41) is 2.73. The number of aromatic nitrogens is 1. The van der Waals surface area contributed by atoms with E-state index >= 15 is 0 Å². The second-order valence-corrected chi connectivity index (χ2v) is 9.32. The van der Waals surface area contributed by atoms with Crippen molar-refractivity contribution in [3.8, 4) is 0 Å². The number of benzene rings is 2. The fourth-order valence-electron chi connectivity index (χ4n) is 2.64. The highest BCUT2D eigenvalue weighted by molar-refractivity contribution is 7.89. The van der Waals surface area contributed by atoms with Crippen LogP contribution in [0.3, 0.4) is 0 Å². The van der Waals surface area contributed by atoms with Crippen LogP contribution in [0.4, 0.5) is 13.9 Å². The average molecular weight is 423 g/mol. The van der Waals surface area contributed by atoms with E-state index in [4.69, 9.17) is 0 Å². The lowest BCUT2D eigenvalue weighted by Crippen LogP contribution is -2.26. The summed E-state index contributed by atoms with van der Waals surface area (Å²) in [6.07, 6.45) is 1.61. The largest absolute Gasteiger partial charge is 0.298 e. The van der Waals surface area contributed by atoms with Crippen LogP contribution < -0.4 is 10.0 Å². The molecule has 0 atom stereocenters. The molecule has 28 heavy (non-hydrogen) atoms. The maximum atomic E-state index is 13.3. The topological polar surface area (TPSA) is 88.2 Å². The molecule has 1 heterocycles. The van der Waals surface area contributed by atoms with E-state index in [-0.39, 0.29) is 27.1 Å². The van der Waals surface area contributed by atoms with Crippen LogP contribution in [0.5, 0.6) is 0 Å². The number of sulfonamides is 1. The third-order valence-corrected chi connectivity index (χ3v) is 6.77. The van der Waals surface area contributed by atoms with E-state index in [1.54, 1.807) is 13.0 Å². The van der Waals surface area contributed by atoms with Gasteiger partial charge in [-0.25, -0.2) is 26.9 Å². The number of fused-ring (bicyclic) bond motifs is 1. The number of carbonyl (C=O) groups excluding carboxylic acids is 1. The Morgan fingerprint density at radius 3 is 2.61 bits per heavy atom. The quantitative estimate of drug-likeness (QED) is 0.657. The van der Waals surface area contributed by atoms with Crippen LogP contribution in [-0.2, 0) is 10.0 Å². The van der Waals surface area contributed by atoms with Crippen LogP contribution in [0.1, 0.15) is 28.8 Å². The lowest BCUT2D eigenvalue weighted by Gasteiger charge is -2.10. The molecule has 3 aromatic rings. The number of carbonyl (C=O) groups is 1.